The Balaban J connectivity index is 1.63. The number of anilines is 1. The smallest absolute Gasteiger partial charge is 0.265 e. The molecule has 144 valence electrons. The highest BCUT2D eigenvalue weighted by Gasteiger charge is 2.18. The van der Waals surface area contributed by atoms with Crippen LogP contribution in [0.3, 0.4) is 0 Å². The van der Waals surface area contributed by atoms with E-state index in [0.717, 1.165) is 0 Å². The largest absolute Gasteiger partial charge is 0.481 e. The fourth-order valence-electron chi connectivity index (χ4n) is 2.47. The number of nitrogens with one attached hydrogen (secondary N) is 2. The number of hydrogen-bond donors (Lipinski definition) is 2. The van der Waals surface area contributed by atoms with Crippen LogP contribution in [0.2, 0.25) is 0 Å². The molecule has 3 aromatic rings. The first-order valence-electron chi connectivity index (χ1n) is 8.65. The lowest BCUT2D eigenvalue weighted by Gasteiger charge is -2.16. The van der Waals surface area contributed by atoms with Crippen LogP contribution in [0.4, 0.5) is 10.1 Å². The van der Waals surface area contributed by atoms with Crippen LogP contribution in [0.5, 0.6) is 5.75 Å². The molecule has 0 aliphatic rings. The van der Waals surface area contributed by atoms with Crippen molar-refractivity contribution in [3.8, 4) is 5.75 Å². The topological polar surface area (TPSA) is 80.6 Å². The molecule has 0 bridgehead atoms. The minimum absolute atomic E-state index is 0.234. The van der Waals surface area contributed by atoms with Gasteiger partial charge in [-0.2, -0.15) is 0 Å². The Morgan fingerprint density at radius 2 is 1.82 bits per heavy atom. The third-order valence-corrected chi connectivity index (χ3v) is 3.93. The van der Waals surface area contributed by atoms with Gasteiger partial charge in [0, 0.05) is 0 Å². The highest BCUT2D eigenvalue weighted by molar-refractivity contribution is 6.04. The molecule has 3 rings (SSSR count). The minimum Gasteiger partial charge on any atom is -0.481 e. The molecule has 0 unspecified atom stereocenters. The van der Waals surface area contributed by atoms with Crippen molar-refractivity contribution in [2.45, 2.75) is 19.6 Å². The summed E-state index contributed by atoms with van der Waals surface area (Å²) in [5, 5.41) is 5.43. The molecule has 0 saturated carbocycles. The predicted octanol–water partition coefficient (Wildman–Crippen LogP) is 3.75. The fourth-order valence-corrected chi connectivity index (χ4v) is 2.47. The van der Waals surface area contributed by atoms with E-state index in [4.69, 9.17) is 9.15 Å². The van der Waals surface area contributed by atoms with E-state index in [1.165, 1.54) is 30.5 Å². The number of rotatable bonds is 7. The van der Waals surface area contributed by atoms with Crippen LogP contribution in [0.25, 0.3) is 0 Å². The molecule has 0 saturated heterocycles. The zero-order chi connectivity index (χ0) is 19.9. The second-order valence-electron chi connectivity index (χ2n) is 6.01. The molecule has 1 heterocycles. The van der Waals surface area contributed by atoms with E-state index in [0.29, 0.717) is 22.8 Å². The molecule has 7 heteroatoms. The standard InChI is InChI=1S/C21H19FN2O4/c1-14(28-16-10-8-15(22)9-11-16)20(25)24-19-7-3-2-6-18(19)21(26)23-13-17-5-4-12-27-17/h2-12,14H,13H2,1H3,(H,23,26)(H,24,25)/t14-/m0/s1. The van der Waals surface area contributed by atoms with Crippen LogP contribution in [0.1, 0.15) is 23.0 Å². The van der Waals surface area contributed by atoms with Crippen LogP contribution in [-0.4, -0.2) is 17.9 Å². The summed E-state index contributed by atoms with van der Waals surface area (Å²) >= 11 is 0. The minimum atomic E-state index is -0.843. The number of carbonyl (C=O) groups is 2. The van der Waals surface area contributed by atoms with E-state index in [-0.39, 0.29) is 18.3 Å². The Labute approximate surface area is 161 Å². The number of ether oxygens (including phenoxy) is 1. The van der Waals surface area contributed by atoms with Crippen LogP contribution in [0.15, 0.2) is 71.3 Å². The summed E-state index contributed by atoms with van der Waals surface area (Å²) in [6.45, 7) is 1.80. The van der Waals surface area contributed by atoms with Crippen molar-refractivity contribution in [1.82, 2.24) is 5.32 Å². The van der Waals surface area contributed by atoms with E-state index >= 15 is 0 Å². The van der Waals surface area contributed by atoms with Crippen molar-refractivity contribution in [3.05, 3.63) is 84.1 Å². The summed E-state index contributed by atoms with van der Waals surface area (Å²) in [6, 6.07) is 15.5. The number of furan rings is 1. The molecule has 1 aromatic heterocycles. The first-order valence-corrected chi connectivity index (χ1v) is 8.65. The van der Waals surface area contributed by atoms with E-state index in [9.17, 15) is 14.0 Å². The number of benzene rings is 2. The Morgan fingerprint density at radius 1 is 1.07 bits per heavy atom. The summed E-state index contributed by atoms with van der Waals surface area (Å²) in [5.74, 6) is -0.182. The second-order valence-corrected chi connectivity index (χ2v) is 6.01. The maximum absolute atomic E-state index is 13.0. The summed E-state index contributed by atoms with van der Waals surface area (Å²) in [7, 11) is 0. The highest BCUT2D eigenvalue weighted by Crippen LogP contribution is 2.17. The molecule has 0 aliphatic heterocycles. The Kier molecular flexibility index (Phi) is 6.06. The third-order valence-electron chi connectivity index (χ3n) is 3.93. The Bertz CT molecular complexity index is 939. The van der Waals surface area contributed by atoms with Crippen LogP contribution < -0.4 is 15.4 Å². The van der Waals surface area contributed by atoms with Gasteiger partial charge in [0.1, 0.15) is 17.3 Å². The van der Waals surface area contributed by atoms with Crippen molar-refractivity contribution in [2.75, 3.05) is 5.32 Å². The lowest BCUT2D eigenvalue weighted by atomic mass is 10.1. The van der Waals surface area contributed by atoms with Gasteiger partial charge in [-0.3, -0.25) is 9.59 Å². The molecule has 2 aromatic carbocycles. The molecule has 6 nitrogen and oxygen atoms in total. The average Bonchev–Trinajstić information content (AvgIpc) is 3.22. The van der Waals surface area contributed by atoms with E-state index in [1.807, 2.05) is 0 Å². The van der Waals surface area contributed by atoms with Gasteiger partial charge >= 0.3 is 0 Å². The zero-order valence-electron chi connectivity index (χ0n) is 15.1. The first-order chi connectivity index (χ1) is 13.5. The molecular formula is C21H19FN2O4. The van der Waals surface area contributed by atoms with Gasteiger partial charge in [0.2, 0.25) is 0 Å². The van der Waals surface area contributed by atoms with Gasteiger partial charge in [-0.05, 0) is 55.5 Å². The summed E-state index contributed by atoms with van der Waals surface area (Å²) in [4.78, 5) is 24.9. The lowest BCUT2D eigenvalue weighted by molar-refractivity contribution is -0.122. The highest BCUT2D eigenvalue weighted by atomic mass is 19.1. The SMILES string of the molecule is C[C@H](Oc1ccc(F)cc1)C(=O)Nc1ccccc1C(=O)NCc1ccco1. The second kappa shape index (κ2) is 8.85. The fraction of sp³-hybridized carbons (Fsp3) is 0.143. The molecule has 1 atom stereocenters. The molecular weight excluding hydrogens is 363 g/mol. The normalized spacial score (nSPS) is 11.5. The number of para-hydroxylation sites is 1. The number of halogens is 1. The van der Waals surface area contributed by atoms with E-state index in [1.54, 1.807) is 43.3 Å². The van der Waals surface area contributed by atoms with E-state index < -0.39 is 12.0 Å². The van der Waals surface area contributed by atoms with Gasteiger partial charge in [0.05, 0.1) is 24.1 Å². The maximum Gasteiger partial charge on any atom is 0.265 e. The van der Waals surface area contributed by atoms with Crippen molar-refractivity contribution >= 4 is 17.5 Å². The molecule has 0 radical (unpaired) electrons. The van der Waals surface area contributed by atoms with Gasteiger partial charge in [0.15, 0.2) is 6.10 Å². The van der Waals surface area contributed by atoms with Gasteiger partial charge < -0.3 is 19.8 Å². The van der Waals surface area contributed by atoms with Crippen LogP contribution in [0, 0.1) is 5.82 Å². The molecule has 28 heavy (non-hydrogen) atoms. The Morgan fingerprint density at radius 3 is 2.54 bits per heavy atom. The Hall–Kier alpha value is -3.61. The molecule has 0 spiro atoms. The lowest BCUT2D eigenvalue weighted by Crippen LogP contribution is -2.31. The van der Waals surface area contributed by atoms with Gasteiger partial charge in [0.25, 0.3) is 11.8 Å². The number of carbonyl (C=O) groups excluding carboxylic acids is 2. The number of amides is 2. The van der Waals surface area contributed by atoms with Gasteiger partial charge in [-0.1, -0.05) is 12.1 Å². The first kappa shape index (κ1) is 19.2. The summed E-state index contributed by atoms with van der Waals surface area (Å²) in [5.41, 5.74) is 0.676. The van der Waals surface area contributed by atoms with Crippen molar-refractivity contribution in [3.63, 3.8) is 0 Å². The summed E-state index contributed by atoms with van der Waals surface area (Å²) in [6.07, 6.45) is 0.683. The maximum atomic E-state index is 13.0. The van der Waals surface area contributed by atoms with Gasteiger partial charge in [-0.15, -0.1) is 0 Å². The molecule has 2 amide bonds. The quantitative estimate of drug-likeness (QED) is 0.652. The summed E-state index contributed by atoms with van der Waals surface area (Å²) < 4.78 is 23.7. The van der Waals surface area contributed by atoms with Crippen LogP contribution >= 0.6 is 0 Å². The molecule has 2 N–H and O–H groups in total. The van der Waals surface area contributed by atoms with Gasteiger partial charge in [-0.25, -0.2) is 4.39 Å². The van der Waals surface area contributed by atoms with Crippen molar-refractivity contribution < 1.29 is 23.1 Å². The molecule has 0 fully saturated rings. The number of hydrogen-bond acceptors (Lipinski definition) is 4. The predicted molar refractivity (Wildman–Crippen MR) is 101 cm³/mol. The van der Waals surface area contributed by atoms with Crippen molar-refractivity contribution in [1.29, 1.82) is 0 Å². The van der Waals surface area contributed by atoms with Crippen LogP contribution in [-0.2, 0) is 11.3 Å². The molecule has 0 aliphatic carbocycles. The van der Waals surface area contributed by atoms with Crippen molar-refractivity contribution in [2.24, 2.45) is 0 Å². The van der Waals surface area contributed by atoms with E-state index in [2.05, 4.69) is 10.6 Å². The monoisotopic (exact) mass is 382 g/mol. The average molecular weight is 382 g/mol. The zero-order valence-corrected chi connectivity index (χ0v) is 15.1. The third kappa shape index (κ3) is 4.97.